The first kappa shape index (κ1) is 50.2. The van der Waals surface area contributed by atoms with E-state index < -0.39 is 49.5 Å². The normalized spacial score (nSPS) is 21.9. The number of hydrogen-bond donors (Lipinski definition) is 6. The molecule has 1 heterocycles. The summed E-state index contributed by atoms with van der Waals surface area (Å²) in [6, 6.07) is -0.822. The van der Waals surface area contributed by atoms with Crippen LogP contribution in [0.4, 0.5) is 0 Å². The van der Waals surface area contributed by atoms with E-state index in [9.17, 15) is 30.3 Å². The molecule has 314 valence electrons. The first-order chi connectivity index (χ1) is 26.3. The van der Waals surface area contributed by atoms with Gasteiger partial charge in [0.05, 0.1) is 25.4 Å². The molecule has 7 unspecified atom stereocenters. The van der Waals surface area contributed by atoms with Crippen LogP contribution in [0, 0.1) is 0 Å². The lowest BCUT2D eigenvalue weighted by atomic mass is 9.99. The minimum Gasteiger partial charge on any atom is -0.394 e. The summed E-state index contributed by atoms with van der Waals surface area (Å²) in [7, 11) is 0. The number of carbonyl (C=O) groups is 1. The van der Waals surface area contributed by atoms with Crippen LogP contribution in [0.25, 0.3) is 0 Å². The fourth-order valence-corrected chi connectivity index (χ4v) is 6.57. The van der Waals surface area contributed by atoms with Gasteiger partial charge in [0.2, 0.25) is 5.91 Å². The molecule has 1 rings (SSSR count). The lowest BCUT2D eigenvalue weighted by Gasteiger charge is -2.40. The Morgan fingerprint density at radius 2 is 1.11 bits per heavy atom. The average Bonchev–Trinajstić information content (AvgIpc) is 3.17. The van der Waals surface area contributed by atoms with Crippen LogP contribution in [0.1, 0.15) is 174 Å². The molecule has 0 aromatic carbocycles. The average molecular weight is 764 g/mol. The second-order valence-electron chi connectivity index (χ2n) is 15.2. The fraction of sp³-hybridized carbons (Fsp3) is 0.800. The Labute approximate surface area is 329 Å². The van der Waals surface area contributed by atoms with E-state index in [2.05, 4.69) is 55.6 Å². The van der Waals surface area contributed by atoms with Gasteiger partial charge >= 0.3 is 0 Å². The Morgan fingerprint density at radius 3 is 1.70 bits per heavy atom. The molecule has 54 heavy (non-hydrogen) atoms. The van der Waals surface area contributed by atoms with Crippen LogP contribution in [-0.2, 0) is 14.3 Å². The van der Waals surface area contributed by atoms with Gasteiger partial charge in [0.1, 0.15) is 24.4 Å². The van der Waals surface area contributed by atoms with E-state index in [1.165, 1.54) is 109 Å². The van der Waals surface area contributed by atoms with E-state index in [1.54, 1.807) is 6.08 Å². The molecule has 0 radical (unpaired) electrons. The first-order valence-corrected chi connectivity index (χ1v) is 21.9. The van der Waals surface area contributed by atoms with Crippen LogP contribution < -0.4 is 5.32 Å². The van der Waals surface area contributed by atoms with E-state index in [4.69, 9.17) is 9.47 Å². The number of rotatable bonds is 35. The number of hydrogen-bond acceptors (Lipinski definition) is 8. The SMILES string of the molecule is CCCCC/C=C\C=C/CCCCCCCCCCCCC(=O)NC(COC1OC(CO)C(O)C(O)C1O)C(O)/C=C/CC/C=C/CCCCCCCC. The molecule has 1 saturated heterocycles. The number of aliphatic hydroxyl groups excluding tert-OH is 5. The highest BCUT2D eigenvalue weighted by molar-refractivity contribution is 5.76. The quantitative estimate of drug-likeness (QED) is 0.0214. The summed E-state index contributed by atoms with van der Waals surface area (Å²) in [4.78, 5) is 12.9. The molecule has 0 spiro atoms. The molecule has 0 aromatic heterocycles. The number of aliphatic hydroxyl groups is 5. The summed E-state index contributed by atoms with van der Waals surface area (Å²) in [5, 5.41) is 54.0. The van der Waals surface area contributed by atoms with Crippen LogP contribution in [0.3, 0.4) is 0 Å². The van der Waals surface area contributed by atoms with Gasteiger partial charge in [0.25, 0.3) is 0 Å². The number of carbonyl (C=O) groups excluding carboxylic acids is 1. The van der Waals surface area contributed by atoms with Crippen molar-refractivity contribution in [2.45, 2.75) is 217 Å². The molecule has 9 heteroatoms. The lowest BCUT2D eigenvalue weighted by Crippen LogP contribution is -2.60. The van der Waals surface area contributed by atoms with Crippen LogP contribution in [0.2, 0.25) is 0 Å². The number of nitrogens with one attached hydrogen (secondary N) is 1. The zero-order valence-corrected chi connectivity index (χ0v) is 34.2. The highest BCUT2D eigenvalue weighted by atomic mass is 16.7. The maximum atomic E-state index is 12.9. The second kappa shape index (κ2) is 35.6. The first-order valence-electron chi connectivity index (χ1n) is 21.9. The number of ether oxygens (including phenoxy) is 2. The summed E-state index contributed by atoms with van der Waals surface area (Å²) in [6.45, 7) is 3.69. The molecular formula is C45H81NO8. The van der Waals surface area contributed by atoms with E-state index in [0.717, 1.165) is 44.9 Å². The molecule has 0 saturated carbocycles. The Morgan fingerprint density at radius 1 is 0.630 bits per heavy atom. The van der Waals surface area contributed by atoms with Crippen LogP contribution >= 0.6 is 0 Å². The van der Waals surface area contributed by atoms with Crippen molar-refractivity contribution in [3.63, 3.8) is 0 Å². The summed E-state index contributed by atoms with van der Waals surface area (Å²) in [5.41, 5.74) is 0. The van der Waals surface area contributed by atoms with E-state index in [0.29, 0.717) is 6.42 Å². The third-order valence-electron chi connectivity index (χ3n) is 10.2. The van der Waals surface area contributed by atoms with E-state index >= 15 is 0 Å². The van der Waals surface area contributed by atoms with Gasteiger partial charge in [-0.2, -0.15) is 0 Å². The molecule has 9 nitrogen and oxygen atoms in total. The van der Waals surface area contributed by atoms with Gasteiger partial charge < -0.3 is 40.3 Å². The molecular weight excluding hydrogens is 682 g/mol. The molecule has 0 aromatic rings. The van der Waals surface area contributed by atoms with Crippen molar-refractivity contribution in [2.24, 2.45) is 0 Å². The summed E-state index contributed by atoms with van der Waals surface area (Å²) < 4.78 is 11.2. The maximum Gasteiger partial charge on any atom is 0.220 e. The van der Waals surface area contributed by atoms with Crippen molar-refractivity contribution >= 4 is 5.91 Å². The van der Waals surface area contributed by atoms with Crippen molar-refractivity contribution in [3.05, 3.63) is 48.6 Å². The predicted octanol–water partition coefficient (Wildman–Crippen LogP) is 8.67. The van der Waals surface area contributed by atoms with Gasteiger partial charge in [-0.1, -0.05) is 159 Å². The lowest BCUT2D eigenvalue weighted by molar-refractivity contribution is -0.302. The molecule has 1 aliphatic rings. The molecule has 1 aliphatic heterocycles. The largest absolute Gasteiger partial charge is 0.394 e. The Bertz CT molecular complexity index is 983. The van der Waals surface area contributed by atoms with Gasteiger partial charge in [-0.3, -0.25) is 4.79 Å². The summed E-state index contributed by atoms with van der Waals surface area (Å²) >= 11 is 0. The van der Waals surface area contributed by atoms with Crippen molar-refractivity contribution in [2.75, 3.05) is 13.2 Å². The van der Waals surface area contributed by atoms with Crippen LogP contribution in [0.5, 0.6) is 0 Å². The molecule has 1 amide bonds. The molecule has 6 N–H and O–H groups in total. The zero-order chi connectivity index (χ0) is 39.5. The van der Waals surface area contributed by atoms with Crippen LogP contribution in [0.15, 0.2) is 48.6 Å². The van der Waals surface area contributed by atoms with Crippen molar-refractivity contribution in [3.8, 4) is 0 Å². The smallest absolute Gasteiger partial charge is 0.220 e. The van der Waals surface area contributed by atoms with E-state index in [-0.39, 0.29) is 12.5 Å². The van der Waals surface area contributed by atoms with Crippen molar-refractivity contribution in [1.29, 1.82) is 0 Å². The standard InChI is InChI=1S/C45H81NO8/c1-3-5-7-9-11-13-15-17-18-19-20-21-22-23-25-27-29-31-33-35-41(49)46-38(37-53-45-44(52)43(51)42(50)40(36-47)54-45)39(48)34-32-30-28-26-24-16-14-12-10-8-6-4-2/h11,13,15,17,24,26,32,34,38-40,42-45,47-48,50-52H,3-10,12,14,16,18-23,25,27-31,33,35-37H2,1-2H3,(H,46,49)/b13-11-,17-15-,26-24+,34-32+. The maximum absolute atomic E-state index is 12.9. The Balaban J connectivity index is 2.37. The monoisotopic (exact) mass is 764 g/mol. The zero-order valence-electron chi connectivity index (χ0n) is 34.2. The Hall–Kier alpha value is -1.85. The minimum absolute atomic E-state index is 0.194. The van der Waals surface area contributed by atoms with Crippen molar-refractivity contribution in [1.82, 2.24) is 5.32 Å². The third-order valence-corrected chi connectivity index (χ3v) is 10.2. The number of unbranched alkanes of at least 4 members (excludes halogenated alkanes) is 20. The highest BCUT2D eigenvalue weighted by Gasteiger charge is 2.44. The molecule has 0 bridgehead atoms. The van der Waals surface area contributed by atoms with Crippen molar-refractivity contribution < 1.29 is 39.8 Å². The van der Waals surface area contributed by atoms with Gasteiger partial charge in [0.15, 0.2) is 6.29 Å². The predicted molar refractivity (Wildman–Crippen MR) is 221 cm³/mol. The topological polar surface area (TPSA) is 149 Å². The minimum atomic E-state index is -1.57. The van der Waals surface area contributed by atoms with Gasteiger partial charge in [-0.15, -0.1) is 0 Å². The van der Waals surface area contributed by atoms with Gasteiger partial charge in [-0.05, 0) is 57.8 Å². The van der Waals surface area contributed by atoms with Gasteiger partial charge in [0, 0.05) is 6.42 Å². The molecule has 1 fully saturated rings. The van der Waals surface area contributed by atoms with E-state index in [1.807, 2.05) is 6.08 Å². The second-order valence-corrected chi connectivity index (χ2v) is 15.2. The van der Waals surface area contributed by atoms with Crippen LogP contribution in [-0.4, -0.2) is 87.5 Å². The molecule has 0 aliphatic carbocycles. The van der Waals surface area contributed by atoms with Gasteiger partial charge in [-0.25, -0.2) is 0 Å². The fourth-order valence-electron chi connectivity index (χ4n) is 6.57. The number of allylic oxidation sites excluding steroid dienone is 7. The summed E-state index contributed by atoms with van der Waals surface area (Å²) in [6.07, 6.45) is 37.2. The number of amides is 1. The molecule has 7 atom stereocenters. The third kappa shape index (κ3) is 26.1. The Kier molecular flexibility index (Phi) is 33.0. The summed E-state index contributed by atoms with van der Waals surface area (Å²) in [5.74, 6) is -0.194. The highest BCUT2D eigenvalue weighted by Crippen LogP contribution is 2.22.